The summed E-state index contributed by atoms with van der Waals surface area (Å²) in [6.45, 7) is 0. The van der Waals surface area contributed by atoms with E-state index in [1.807, 2.05) is 89.1 Å². The highest BCUT2D eigenvalue weighted by molar-refractivity contribution is 8.27. The van der Waals surface area contributed by atoms with Crippen LogP contribution >= 0.6 is 35.3 Å². The van der Waals surface area contributed by atoms with Gasteiger partial charge in [-0.1, -0.05) is 48.2 Å². The largest absolute Gasteiger partial charge is 0.497 e. The second-order valence-corrected chi connectivity index (χ2v) is 9.53. The number of ether oxygens (including phenoxy) is 1. The van der Waals surface area contributed by atoms with E-state index < -0.39 is 0 Å². The van der Waals surface area contributed by atoms with Crippen molar-refractivity contribution in [3.8, 4) is 22.0 Å². The number of rotatable bonds is 5. The lowest BCUT2D eigenvalue weighted by Crippen LogP contribution is -2.27. The number of hydrogen-bond acceptors (Lipinski definition) is 6. The van der Waals surface area contributed by atoms with Gasteiger partial charge in [0.15, 0.2) is 4.32 Å². The van der Waals surface area contributed by atoms with Crippen LogP contribution in [0.25, 0.3) is 22.3 Å². The Bertz CT molecular complexity index is 1310. The van der Waals surface area contributed by atoms with Crippen molar-refractivity contribution in [2.45, 2.75) is 0 Å². The number of methoxy groups -OCH3 is 1. The number of carbonyl (C=O) groups excluding carboxylic acids is 1. The summed E-state index contributed by atoms with van der Waals surface area (Å²) in [6.07, 6.45) is 3.83. The fraction of sp³-hybridized carbons (Fsp3) is 0.0417. The number of carbonyl (C=O) groups is 1. The minimum absolute atomic E-state index is 0.144. The Kier molecular flexibility index (Phi) is 5.65. The zero-order valence-electron chi connectivity index (χ0n) is 17.0. The minimum atomic E-state index is -0.144. The molecule has 1 saturated heterocycles. The Balaban J connectivity index is 1.53. The second-order valence-electron chi connectivity index (χ2n) is 6.91. The van der Waals surface area contributed by atoms with Crippen molar-refractivity contribution < 1.29 is 9.53 Å². The Morgan fingerprint density at radius 1 is 1.00 bits per heavy atom. The Labute approximate surface area is 198 Å². The molecule has 1 amide bonds. The molecule has 0 N–H and O–H groups in total. The molecule has 3 heterocycles. The van der Waals surface area contributed by atoms with E-state index >= 15 is 0 Å². The van der Waals surface area contributed by atoms with Crippen LogP contribution in [0.3, 0.4) is 0 Å². The van der Waals surface area contributed by atoms with Gasteiger partial charge < -0.3 is 4.74 Å². The Hall–Kier alpha value is -3.20. The molecule has 2 aromatic heterocycles. The van der Waals surface area contributed by atoms with E-state index in [1.54, 1.807) is 23.3 Å². The van der Waals surface area contributed by atoms with Crippen molar-refractivity contribution in [3.63, 3.8) is 0 Å². The fourth-order valence-corrected chi connectivity index (χ4v) is 5.39. The van der Waals surface area contributed by atoms with E-state index in [0.717, 1.165) is 33.3 Å². The number of hydrogen-bond donors (Lipinski definition) is 0. The summed E-state index contributed by atoms with van der Waals surface area (Å²) in [4.78, 5) is 16.4. The first-order valence-electron chi connectivity index (χ1n) is 9.75. The number of amides is 1. The van der Waals surface area contributed by atoms with E-state index in [4.69, 9.17) is 22.1 Å². The average molecular weight is 476 g/mol. The number of thiocarbonyl (C=S) groups is 1. The maximum atomic E-state index is 13.2. The van der Waals surface area contributed by atoms with Gasteiger partial charge in [-0.3, -0.25) is 9.69 Å². The van der Waals surface area contributed by atoms with E-state index in [-0.39, 0.29) is 5.91 Å². The van der Waals surface area contributed by atoms with E-state index in [0.29, 0.717) is 9.23 Å². The van der Waals surface area contributed by atoms with Gasteiger partial charge in [0.2, 0.25) is 0 Å². The first-order chi connectivity index (χ1) is 15.6. The van der Waals surface area contributed by atoms with Gasteiger partial charge in [-0.15, -0.1) is 11.3 Å². The molecule has 2 aromatic carbocycles. The van der Waals surface area contributed by atoms with Crippen molar-refractivity contribution in [2.24, 2.45) is 0 Å². The van der Waals surface area contributed by atoms with Gasteiger partial charge in [-0.05, 0) is 53.9 Å². The van der Waals surface area contributed by atoms with Gasteiger partial charge >= 0.3 is 0 Å². The highest BCUT2D eigenvalue weighted by Gasteiger charge is 2.33. The fourth-order valence-electron chi connectivity index (χ4n) is 3.37. The van der Waals surface area contributed by atoms with Gasteiger partial charge in [0, 0.05) is 11.8 Å². The summed E-state index contributed by atoms with van der Waals surface area (Å²) < 4.78 is 7.55. The summed E-state index contributed by atoms with van der Waals surface area (Å²) >= 11 is 8.44. The van der Waals surface area contributed by atoms with Crippen molar-refractivity contribution in [3.05, 3.63) is 88.8 Å². The normalized spacial score (nSPS) is 15.0. The summed E-state index contributed by atoms with van der Waals surface area (Å²) in [5, 5.41) is 6.82. The molecule has 4 aromatic rings. The van der Waals surface area contributed by atoms with E-state index in [1.165, 1.54) is 11.8 Å². The van der Waals surface area contributed by atoms with Crippen LogP contribution in [0, 0.1) is 0 Å². The number of aromatic nitrogens is 2. The van der Waals surface area contributed by atoms with Crippen LogP contribution in [0.5, 0.6) is 5.75 Å². The molecule has 158 valence electrons. The van der Waals surface area contributed by atoms with Crippen LogP contribution in [-0.2, 0) is 4.79 Å². The highest BCUT2D eigenvalue weighted by atomic mass is 32.2. The lowest BCUT2D eigenvalue weighted by molar-refractivity contribution is -0.113. The summed E-state index contributed by atoms with van der Waals surface area (Å²) in [5.41, 5.74) is 3.37. The predicted octanol–water partition coefficient (Wildman–Crippen LogP) is 6.02. The number of benzene rings is 2. The van der Waals surface area contributed by atoms with Crippen molar-refractivity contribution in [2.75, 3.05) is 12.0 Å². The predicted molar refractivity (Wildman–Crippen MR) is 136 cm³/mol. The molecule has 1 aliphatic heterocycles. The van der Waals surface area contributed by atoms with Gasteiger partial charge in [0.25, 0.3) is 5.91 Å². The third-order valence-corrected chi connectivity index (χ3v) is 7.11. The molecule has 0 atom stereocenters. The molecule has 0 saturated carbocycles. The van der Waals surface area contributed by atoms with Crippen LogP contribution in [-0.4, -0.2) is 27.1 Å². The lowest BCUT2D eigenvalue weighted by atomic mass is 10.2. The van der Waals surface area contributed by atoms with Gasteiger partial charge in [-0.2, -0.15) is 5.10 Å². The number of para-hydroxylation sites is 1. The Morgan fingerprint density at radius 2 is 1.78 bits per heavy atom. The monoisotopic (exact) mass is 475 g/mol. The van der Waals surface area contributed by atoms with Gasteiger partial charge in [0.05, 0.1) is 28.3 Å². The third kappa shape index (κ3) is 3.88. The molecule has 5 rings (SSSR count). The number of thioether (sulfide) groups is 1. The maximum absolute atomic E-state index is 13.2. The zero-order chi connectivity index (χ0) is 22.1. The molecule has 0 unspecified atom stereocenters. The van der Waals surface area contributed by atoms with Crippen LogP contribution in [0.1, 0.15) is 5.56 Å². The zero-order valence-corrected chi connectivity index (χ0v) is 19.4. The second kappa shape index (κ2) is 8.74. The topological polar surface area (TPSA) is 47.4 Å². The Morgan fingerprint density at radius 3 is 2.47 bits per heavy atom. The highest BCUT2D eigenvalue weighted by Crippen LogP contribution is 2.38. The summed E-state index contributed by atoms with van der Waals surface area (Å²) in [7, 11) is 1.61. The summed E-state index contributed by atoms with van der Waals surface area (Å²) in [6, 6.07) is 21.2. The average Bonchev–Trinajstić information content (AvgIpc) is 3.55. The number of nitrogens with zero attached hydrogens (tertiary/aromatic N) is 3. The quantitative estimate of drug-likeness (QED) is 0.261. The molecule has 0 aliphatic carbocycles. The lowest BCUT2D eigenvalue weighted by Gasteiger charge is -2.14. The maximum Gasteiger partial charge on any atom is 0.270 e. The van der Waals surface area contributed by atoms with Gasteiger partial charge in [0.1, 0.15) is 11.4 Å². The van der Waals surface area contributed by atoms with Crippen LogP contribution in [0.4, 0.5) is 5.69 Å². The molecule has 32 heavy (non-hydrogen) atoms. The summed E-state index contributed by atoms with van der Waals surface area (Å²) in [5.74, 6) is 0.582. The number of anilines is 1. The molecule has 5 nitrogen and oxygen atoms in total. The van der Waals surface area contributed by atoms with Crippen LogP contribution in [0.2, 0.25) is 0 Å². The molecule has 0 spiro atoms. The standard InChI is InChI=1S/C24H17N3O2S3/c1-29-19-11-9-18(10-12-19)27-23(28)21(32-24(27)30)14-16-15-26(17-6-3-2-4-7-17)25-22(16)20-8-5-13-31-20/h2-15H,1H3. The molecule has 8 heteroatoms. The van der Waals surface area contributed by atoms with Gasteiger partial charge in [-0.25, -0.2) is 4.68 Å². The first-order valence-corrected chi connectivity index (χ1v) is 11.9. The van der Waals surface area contributed by atoms with Crippen molar-refractivity contribution in [1.29, 1.82) is 0 Å². The van der Waals surface area contributed by atoms with E-state index in [2.05, 4.69) is 0 Å². The van der Waals surface area contributed by atoms with Crippen LogP contribution in [0.15, 0.2) is 83.2 Å². The van der Waals surface area contributed by atoms with Crippen LogP contribution < -0.4 is 9.64 Å². The van der Waals surface area contributed by atoms with Crippen molar-refractivity contribution in [1.82, 2.24) is 9.78 Å². The third-order valence-electron chi connectivity index (χ3n) is 4.93. The molecular weight excluding hydrogens is 458 g/mol. The molecule has 0 radical (unpaired) electrons. The molecule has 0 bridgehead atoms. The first kappa shape index (κ1) is 20.7. The number of thiophene rings is 1. The van der Waals surface area contributed by atoms with Crippen molar-refractivity contribution >= 4 is 57.3 Å². The molecular formula is C24H17N3O2S3. The molecule has 1 aliphatic rings. The minimum Gasteiger partial charge on any atom is -0.497 e. The smallest absolute Gasteiger partial charge is 0.270 e. The molecule has 1 fully saturated rings. The SMILES string of the molecule is COc1ccc(N2C(=O)C(=Cc3cn(-c4ccccc4)nc3-c3cccs3)SC2=S)cc1. The van der Waals surface area contributed by atoms with E-state index in [9.17, 15) is 4.79 Å².